The molecule has 2 aliphatic heterocycles. The molecule has 2 fully saturated rings. The highest BCUT2D eigenvalue weighted by Gasteiger charge is 2.34. The largest absolute Gasteiger partial charge is 0.481 e. The predicted octanol–water partition coefficient (Wildman–Crippen LogP) is 13.4. The molecule has 10 nitrogen and oxygen atoms in total. The molecule has 6 aromatic rings. The van der Waals surface area contributed by atoms with E-state index in [2.05, 4.69) is 150 Å². The van der Waals surface area contributed by atoms with Gasteiger partial charge in [-0.2, -0.15) is 0 Å². The maximum atomic E-state index is 11.8. The highest BCUT2D eigenvalue weighted by Crippen LogP contribution is 2.43. The Kier molecular flexibility index (Phi) is 19.4. The first-order chi connectivity index (χ1) is 36.9. The number of aliphatic hydroxyl groups is 2. The summed E-state index contributed by atoms with van der Waals surface area (Å²) >= 11 is 0. The Hall–Kier alpha value is -6.56. The van der Waals surface area contributed by atoms with E-state index in [-0.39, 0.29) is 29.6 Å². The van der Waals surface area contributed by atoms with Crippen molar-refractivity contribution in [1.29, 1.82) is 0 Å². The van der Waals surface area contributed by atoms with Gasteiger partial charge in [-0.05, 0) is 143 Å². The van der Waals surface area contributed by atoms with Crippen LogP contribution in [-0.2, 0) is 47.5 Å². The normalized spacial score (nSPS) is 15.5. The van der Waals surface area contributed by atoms with Crippen LogP contribution >= 0.6 is 0 Å². The average molecular weight is 1040 g/mol. The second-order valence-electron chi connectivity index (χ2n) is 21.4. The topological polar surface area (TPSA) is 148 Å². The number of methoxy groups -OCH3 is 1. The number of carboxylic acids is 1. The smallest absolute Gasteiger partial charge is 0.310 e. The molecule has 0 unspecified atom stereocenters. The van der Waals surface area contributed by atoms with Crippen LogP contribution in [-0.4, -0.2) is 82.0 Å². The molecule has 0 spiro atoms. The molecule has 0 atom stereocenters. The third kappa shape index (κ3) is 13.8. The van der Waals surface area contributed by atoms with Gasteiger partial charge in [0.1, 0.15) is 0 Å². The zero-order valence-electron chi connectivity index (χ0n) is 46.9. The summed E-state index contributed by atoms with van der Waals surface area (Å²) in [6, 6.07) is 30.7. The van der Waals surface area contributed by atoms with Crippen LogP contribution in [0, 0.1) is 27.7 Å². The van der Waals surface area contributed by atoms with Gasteiger partial charge in [-0.1, -0.05) is 125 Å². The molecule has 0 amide bonds. The quantitative estimate of drug-likeness (QED) is 0.0711. The van der Waals surface area contributed by atoms with E-state index in [4.69, 9.17) is 19.3 Å². The molecule has 10 heteroatoms. The number of carbonyl (C=O) groups is 2. The fraction of sp³-hybridized carbons (Fsp3) is 0.403. The molecule has 0 radical (unpaired) electrons. The number of nitrogens with zero attached hydrogens (tertiary/aromatic N) is 2. The standard InChI is InChI=1S/C34H41NO4.C33H39NO4/c1-6-34(7-2,29-9-8-27(24(3)18-29)12-13-33(37)14-16-39-17-15-33)30-10-11-31(25(4)19-30)28-20-26(22-35-23-28)21-32(36)38-5;1-5-33(6-2,28-8-7-26(23(3)17-28)11-12-32(37)13-15-38-16-14-32)29-9-10-30(24(4)18-29)27-19-25(20-31(35)36)21-34-22-27/h8-13,18-20,22-23,37H,6-7,14-17,21H2,1-5H3;7-12,17-19,21-22,37H,5-6,13-16,20H2,1-4H3,(H,35,36)/b13-12+;12-11+. The number of ether oxygens (including phenoxy) is 3. The van der Waals surface area contributed by atoms with Gasteiger partial charge in [-0.15, -0.1) is 0 Å². The van der Waals surface area contributed by atoms with Gasteiger partial charge in [0.15, 0.2) is 0 Å². The van der Waals surface area contributed by atoms with Crippen LogP contribution in [0.2, 0.25) is 0 Å². The number of aryl methyl sites for hydroxylation is 4. The second kappa shape index (κ2) is 25.7. The molecule has 2 saturated heterocycles. The lowest BCUT2D eigenvalue weighted by atomic mass is 9.69. The molecule has 77 heavy (non-hydrogen) atoms. The van der Waals surface area contributed by atoms with Crippen molar-refractivity contribution >= 4 is 24.1 Å². The minimum absolute atomic E-state index is 0.0367. The first-order valence-electron chi connectivity index (χ1n) is 27.5. The van der Waals surface area contributed by atoms with Crippen LogP contribution in [0.25, 0.3) is 34.4 Å². The summed E-state index contributed by atoms with van der Waals surface area (Å²) in [4.78, 5) is 31.6. The molecule has 406 valence electrons. The van der Waals surface area contributed by atoms with Gasteiger partial charge in [-0.3, -0.25) is 19.6 Å². The van der Waals surface area contributed by atoms with Crippen molar-refractivity contribution in [3.63, 3.8) is 0 Å². The fourth-order valence-electron chi connectivity index (χ4n) is 11.5. The number of hydrogen-bond acceptors (Lipinski definition) is 9. The molecule has 8 rings (SSSR count). The Labute approximate surface area is 457 Å². The molecule has 4 heterocycles. The highest BCUT2D eigenvalue weighted by atomic mass is 16.5. The van der Waals surface area contributed by atoms with Crippen LogP contribution in [0.1, 0.15) is 146 Å². The van der Waals surface area contributed by atoms with Crippen molar-refractivity contribution in [2.45, 2.75) is 142 Å². The third-order valence-corrected chi connectivity index (χ3v) is 16.6. The Balaban J connectivity index is 0.000000224. The lowest BCUT2D eigenvalue weighted by Gasteiger charge is -2.34. The monoisotopic (exact) mass is 1040 g/mol. The third-order valence-electron chi connectivity index (χ3n) is 16.6. The summed E-state index contributed by atoms with van der Waals surface area (Å²) in [7, 11) is 1.40. The molecular weight excluding hydrogens is 961 g/mol. The van der Waals surface area contributed by atoms with Crippen LogP contribution in [0.5, 0.6) is 0 Å². The first-order valence-corrected chi connectivity index (χ1v) is 27.5. The van der Waals surface area contributed by atoms with E-state index in [0.717, 1.165) is 70.2 Å². The van der Waals surface area contributed by atoms with Crippen molar-refractivity contribution in [1.82, 2.24) is 9.97 Å². The molecule has 0 aliphatic carbocycles. The minimum atomic E-state index is -0.858. The minimum Gasteiger partial charge on any atom is -0.481 e. The molecule has 4 aromatic carbocycles. The van der Waals surface area contributed by atoms with E-state index in [9.17, 15) is 19.8 Å². The van der Waals surface area contributed by atoms with E-state index < -0.39 is 17.2 Å². The zero-order chi connectivity index (χ0) is 55.4. The van der Waals surface area contributed by atoms with Gasteiger partial charge in [-0.25, -0.2) is 0 Å². The van der Waals surface area contributed by atoms with Crippen molar-refractivity contribution in [2.75, 3.05) is 33.5 Å². The molecule has 3 N–H and O–H groups in total. The molecule has 0 bridgehead atoms. The number of carboxylic acid groups (broad SMARTS) is 1. The number of hydrogen-bond donors (Lipinski definition) is 3. The number of aromatic nitrogens is 2. The van der Waals surface area contributed by atoms with Gasteiger partial charge >= 0.3 is 11.9 Å². The van der Waals surface area contributed by atoms with Crippen LogP contribution < -0.4 is 0 Å². The number of aliphatic carboxylic acids is 1. The number of esters is 1. The van der Waals surface area contributed by atoms with Crippen molar-refractivity contribution in [3.05, 3.63) is 189 Å². The Bertz CT molecular complexity index is 3060. The fourth-order valence-corrected chi connectivity index (χ4v) is 11.5. The number of benzene rings is 4. The summed E-state index contributed by atoms with van der Waals surface area (Å²) in [6.45, 7) is 19.9. The first kappa shape index (κ1) is 58.1. The summed E-state index contributed by atoms with van der Waals surface area (Å²) < 4.78 is 15.6. The van der Waals surface area contributed by atoms with Gasteiger partial charge in [0.05, 0.1) is 31.2 Å². The highest BCUT2D eigenvalue weighted by molar-refractivity contribution is 5.75. The molecule has 2 aromatic heterocycles. The molecule has 0 saturated carbocycles. The zero-order valence-corrected chi connectivity index (χ0v) is 46.9. The average Bonchev–Trinajstić information content (AvgIpc) is 3.42. The second-order valence-corrected chi connectivity index (χ2v) is 21.4. The van der Waals surface area contributed by atoms with Gasteiger partial charge in [0.25, 0.3) is 0 Å². The SMILES string of the molecule is CCC(CC)(c1ccc(/C=C/C2(O)CCOCC2)c(C)c1)c1ccc(-c2cncc(CC(=O)O)c2)c(C)c1.CCC(CC)(c1ccc(/C=C/C2(O)CCOCC2)c(C)c1)c1ccc(-c2cncc(CC(=O)OC)c2)c(C)c1. The lowest BCUT2D eigenvalue weighted by molar-refractivity contribution is -0.140. The van der Waals surface area contributed by atoms with E-state index in [1.54, 1.807) is 18.6 Å². The molecule has 2 aliphatic rings. The van der Waals surface area contributed by atoms with Crippen molar-refractivity contribution < 1.29 is 39.1 Å². The summed E-state index contributed by atoms with van der Waals surface area (Å²) in [5.41, 5.74) is 16.0. The van der Waals surface area contributed by atoms with E-state index in [0.29, 0.717) is 57.7 Å². The lowest BCUT2D eigenvalue weighted by Crippen LogP contribution is -2.33. The maximum absolute atomic E-state index is 11.8. The van der Waals surface area contributed by atoms with Crippen LogP contribution in [0.15, 0.2) is 122 Å². The maximum Gasteiger partial charge on any atom is 0.310 e. The van der Waals surface area contributed by atoms with Crippen molar-refractivity contribution in [3.8, 4) is 22.3 Å². The van der Waals surface area contributed by atoms with Crippen LogP contribution in [0.3, 0.4) is 0 Å². The van der Waals surface area contributed by atoms with E-state index in [1.807, 2.05) is 30.5 Å². The van der Waals surface area contributed by atoms with Gasteiger partial charge in [0, 0.05) is 98.9 Å². The Morgan fingerprint density at radius 1 is 0.545 bits per heavy atom. The Morgan fingerprint density at radius 2 is 0.909 bits per heavy atom. The number of pyridine rings is 2. The van der Waals surface area contributed by atoms with Crippen molar-refractivity contribution in [2.24, 2.45) is 0 Å². The van der Waals surface area contributed by atoms with E-state index in [1.165, 1.54) is 46.1 Å². The number of carbonyl (C=O) groups excluding carboxylic acids is 1. The number of rotatable bonds is 18. The van der Waals surface area contributed by atoms with Gasteiger partial charge in [0.2, 0.25) is 0 Å². The van der Waals surface area contributed by atoms with Gasteiger partial charge < -0.3 is 29.5 Å². The predicted molar refractivity (Wildman–Crippen MR) is 309 cm³/mol. The molecular formula is C67H80N2O8. The summed E-state index contributed by atoms with van der Waals surface area (Å²) in [5, 5.41) is 30.8. The van der Waals surface area contributed by atoms with Crippen LogP contribution in [0.4, 0.5) is 0 Å². The summed E-state index contributed by atoms with van der Waals surface area (Å²) in [6.07, 6.45) is 21.6. The van der Waals surface area contributed by atoms with E-state index >= 15 is 0 Å². The summed E-state index contributed by atoms with van der Waals surface area (Å²) in [5.74, 6) is -1.13. The Morgan fingerprint density at radius 3 is 1.25 bits per heavy atom.